The summed E-state index contributed by atoms with van der Waals surface area (Å²) < 4.78 is 7.43. The summed E-state index contributed by atoms with van der Waals surface area (Å²) in [7, 11) is 7.81. The van der Waals surface area contributed by atoms with Crippen molar-refractivity contribution >= 4 is 0 Å². The molecular formula is C20H26N2O2. The van der Waals surface area contributed by atoms with Crippen molar-refractivity contribution in [3.8, 4) is 16.9 Å². The maximum absolute atomic E-state index is 12.1. The second kappa shape index (κ2) is 5.78. The molecule has 2 aromatic rings. The SMILES string of the molecule is COc1cc(-c2cc(C)c(=O)n(C)c2C)ccc1C1(N(C)C)CC1. The number of aryl methyl sites for hydroxylation is 1. The van der Waals surface area contributed by atoms with Crippen molar-refractivity contribution in [2.45, 2.75) is 32.2 Å². The molecule has 1 aliphatic carbocycles. The van der Waals surface area contributed by atoms with E-state index in [0.29, 0.717) is 0 Å². The fraction of sp³-hybridized carbons (Fsp3) is 0.450. The molecule has 24 heavy (non-hydrogen) atoms. The molecule has 0 bridgehead atoms. The lowest BCUT2D eigenvalue weighted by Crippen LogP contribution is -2.28. The van der Waals surface area contributed by atoms with Gasteiger partial charge in [0, 0.05) is 35.0 Å². The Hall–Kier alpha value is -2.07. The van der Waals surface area contributed by atoms with Gasteiger partial charge in [-0.2, -0.15) is 0 Å². The van der Waals surface area contributed by atoms with E-state index < -0.39 is 0 Å². The summed E-state index contributed by atoms with van der Waals surface area (Å²) in [4.78, 5) is 14.4. The lowest BCUT2D eigenvalue weighted by molar-refractivity contribution is 0.266. The molecule has 128 valence electrons. The van der Waals surface area contributed by atoms with Crippen molar-refractivity contribution in [2.24, 2.45) is 7.05 Å². The van der Waals surface area contributed by atoms with E-state index in [4.69, 9.17) is 4.74 Å². The third-order valence-corrected chi connectivity index (χ3v) is 5.49. The highest BCUT2D eigenvalue weighted by molar-refractivity contribution is 5.69. The molecule has 1 fully saturated rings. The van der Waals surface area contributed by atoms with Crippen LogP contribution in [-0.4, -0.2) is 30.7 Å². The summed E-state index contributed by atoms with van der Waals surface area (Å²) in [6.45, 7) is 3.85. The molecule has 0 unspecified atom stereocenters. The maximum atomic E-state index is 12.1. The number of ether oxygens (including phenoxy) is 1. The summed E-state index contributed by atoms with van der Waals surface area (Å²) in [6.07, 6.45) is 2.32. The van der Waals surface area contributed by atoms with E-state index in [1.54, 1.807) is 11.7 Å². The highest BCUT2D eigenvalue weighted by Crippen LogP contribution is 2.53. The molecule has 3 rings (SSSR count). The summed E-state index contributed by atoms with van der Waals surface area (Å²) in [6, 6.07) is 8.41. The molecule has 0 radical (unpaired) electrons. The number of methoxy groups -OCH3 is 1. The van der Waals surface area contributed by atoms with Crippen LogP contribution in [0.15, 0.2) is 29.1 Å². The minimum absolute atomic E-state index is 0.0596. The molecule has 1 aromatic heterocycles. The highest BCUT2D eigenvalue weighted by Gasteiger charge is 2.48. The average molecular weight is 326 g/mol. The van der Waals surface area contributed by atoms with Gasteiger partial charge in [0.2, 0.25) is 0 Å². The number of pyridine rings is 1. The van der Waals surface area contributed by atoms with Crippen molar-refractivity contribution < 1.29 is 4.74 Å². The number of hydrogen-bond acceptors (Lipinski definition) is 3. The predicted molar refractivity (Wildman–Crippen MR) is 97.7 cm³/mol. The zero-order valence-corrected chi connectivity index (χ0v) is 15.4. The van der Waals surface area contributed by atoms with Crippen LogP contribution in [0.2, 0.25) is 0 Å². The average Bonchev–Trinajstić information content (AvgIpc) is 3.37. The van der Waals surface area contributed by atoms with E-state index in [0.717, 1.165) is 41.0 Å². The van der Waals surface area contributed by atoms with Crippen molar-refractivity contribution in [1.29, 1.82) is 0 Å². The van der Waals surface area contributed by atoms with E-state index in [9.17, 15) is 4.79 Å². The van der Waals surface area contributed by atoms with Gasteiger partial charge in [-0.1, -0.05) is 12.1 Å². The fourth-order valence-corrected chi connectivity index (χ4v) is 3.59. The number of rotatable bonds is 4. The van der Waals surface area contributed by atoms with Gasteiger partial charge in [0.1, 0.15) is 5.75 Å². The van der Waals surface area contributed by atoms with Crippen molar-refractivity contribution in [2.75, 3.05) is 21.2 Å². The van der Waals surface area contributed by atoms with Gasteiger partial charge in [-0.3, -0.25) is 9.69 Å². The van der Waals surface area contributed by atoms with Crippen LogP contribution in [0.1, 0.15) is 29.7 Å². The fourth-order valence-electron chi connectivity index (χ4n) is 3.59. The Labute approximate surface area is 143 Å². The molecule has 0 amide bonds. The molecule has 0 aliphatic heterocycles. The van der Waals surface area contributed by atoms with Gasteiger partial charge in [-0.05, 0) is 58.5 Å². The van der Waals surface area contributed by atoms with Crippen molar-refractivity contribution in [3.05, 3.63) is 51.4 Å². The van der Waals surface area contributed by atoms with Gasteiger partial charge >= 0.3 is 0 Å². The second-order valence-corrected chi connectivity index (χ2v) is 7.03. The minimum Gasteiger partial charge on any atom is -0.496 e. The van der Waals surface area contributed by atoms with E-state index >= 15 is 0 Å². The van der Waals surface area contributed by atoms with Gasteiger partial charge in [0.25, 0.3) is 5.56 Å². The highest BCUT2D eigenvalue weighted by atomic mass is 16.5. The summed E-state index contributed by atoms with van der Waals surface area (Å²) >= 11 is 0. The zero-order chi connectivity index (χ0) is 17.6. The first-order chi connectivity index (χ1) is 11.3. The topological polar surface area (TPSA) is 34.5 Å². The van der Waals surface area contributed by atoms with Crippen molar-refractivity contribution in [3.63, 3.8) is 0 Å². The smallest absolute Gasteiger partial charge is 0.253 e. The van der Waals surface area contributed by atoms with Crippen LogP contribution in [0.5, 0.6) is 5.75 Å². The largest absolute Gasteiger partial charge is 0.496 e. The predicted octanol–water partition coefficient (Wildman–Crippen LogP) is 3.23. The van der Waals surface area contributed by atoms with Crippen LogP contribution in [0.3, 0.4) is 0 Å². The Morgan fingerprint density at radius 2 is 1.83 bits per heavy atom. The lowest BCUT2D eigenvalue weighted by Gasteiger charge is -2.26. The number of aromatic nitrogens is 1. The van der Waals surface area contributed by atoms with Gasteiger partial charge in [0.05, 0.1) is 7.11 Å². The number of nitrogens with zero attached hydrogens (tertiary/aromatic N) is 2. The standard InChI is InChI=1S/C20H26N2O2/c1-13-11-16(14(2)22(5)19(13)23)15-7-8-17(18(12-15)24-6)20(9-10-20)21(3)4/h7-8,11-12H,9-10H2,1-6H3. The van der Waals surface area contributed by atoms with Crippen molar-refractivity contribution in [1.82, 2.24) is 9.47 Å². The molecule has 1 aromatic carbocycles. The molecule has 1 heterocycles. The molecule has 1 saturated carbocycles. The van der Waals surface area contributed by atoms with Gasteiger partial charge in [-0.25, -0.2) is 0 Å². The van der Waals surface area contributed by atoms with Crippen LogP contribution >= 0.6 is 0 Å². The Balaban J connectivity index is 2.14. The first-order valence-electron chi connectivity index (χ1n) is 8.35. The quantitative estimate of drug-likeness (QED) is 0.865. The monoisotopic (exact) mass is 326 g/mol. The normalized spacial score (nSPS) is 15.6. The summed E-state index contributed by atoms with van der Waals surface area (Å²) in [5.41, 5.74) is 5.30. The Morgan fingerprint density at radius 3 is 2.38 bits per heavy atom. The molecule has 0 spiro atoms. The van der Waals surface area contributed by atoms with E-state index in [1.165, 1.54) is 5.56 Å². The van der Waals surface area contributed by atoms with Crippen LogP contribution in [0.25, 0.3) is 11.1 Å². The Bertz CT molecular complexity index is 845. The molecular weight excluding hydrogens is 300 g/mol. The molecule has 4 nitrogen and oxygen atoms in total. The molecule has 1 aliphatic rings. The third kappa shape index (κ3) is 2.46. The number of benzene rings is 1. The lowest BCUT2D eigenvalue weighted by atomic mass is 9.96. The van der Waals surface area contributed by atoms with E-state index in [2.05, 4.69) is 37.2 Å². The van der Waals surface area contributed by atoms with E-state index in [1.807, 2.05) is 27.0 Å². The van der Waals surface area contributed by atoms with Crippen LogP contribution in [0, 0.1) is 13.8 Å². The number of hydrogen-bond donors (Lipinski definition) is 0. The Morgan fingerprint density at radius 1 is 1.17 bits per heavy atom. The van der Waals surface area contributed by atoms with Crippen LogP contribution in [-0.2, 0) is 12.6 Å². The van der Waals surface area contributed by atoms with Crippen LogP contribution in [0.4, 0.5) is 0 Å². The summed E-state index contributed by atoms with van der Waals surface area (Å²) in [5, 5.41) is 0. The summed E-state index contributed by atoms with van der Waals surface area (Å²) in [5.74, 6) is 0.921. The van der Waals surface area contributed by atoms with Gasteiger partial charge in [-0.15, -0.1) is 0 Å². The maximum Gasteiger partial charge on any atom is 0.253 e. The molecule has 0 atom stereocenters. The molecule has 0 saturated heterocycles. The van der Waals surface area contributed by atoms with Gasteiger partial charge in [0.15, 0.2) is 0 Å². The zero-order valence-electron chi connectivity index (χ0n) is 15.4. The molecule has 0 N–H and O–H groups in total. The van der Waals surface area contributed by atoms with Gasteiger partial charge < -0.3 is 9.30 Å². The minimum atomic E-state index is 0.0596. The first-order valence-corrected chi connectivity index (χ1v) is 8.35. The Kier molecular flexibility index (Phi) is 4.04. The second-order valence-electron chi connectivity index (χ2n) is 7.03. The molecule has 4 heteroatoms. The van der Waals surface area contributed by atoms with Crippen LogP contribution < -0.4 is 10.3 Å². The first kappa shape index (κ1) is 16.8. The third-order valence-electron chi connectivity index (χ3n) is 5.49. The van der Waals surface area contributed by atoms with E-state index in [-0.39, 0.29) is 11.1 Å².